The van der Waals surface area contributed by atoms with Crippen LogP contribution in [0.3, 0.4) is 0 Å². The summed E-state index contributed by atoms with van der Waals surface area (Å²) in [6.45, 7) is 0.966. The molecule has 1 heterocycles. The minimum atomic E-state index is 0.121. The van der Waals surface area contributed by atoms with Crippen molar-refractivity contribution in [2.75, 3.05) is 19.9 Å². The number of ether oxygens (including phenoxy) is 2. The van der Waals surface area contributed by atoms with Crippen LogP contribution in [0.1, 0.15) is 17.2 Å². The maximum atomic E-state index is 9.08. The van der Waals surface area contributed by atoms with Gasteiger partial charge >= 0.3 is 0 Å². The van der Waals surface area contributed by atoms with Gasteiger partial charge in [-0.3, -0.25) is 0 Å². The molecule has 0 aromatic heterocycles. The van der Waals surface area contributed by atoms with Crippen molar-refractivity contribution < 1.29 is 14.6 Å². The number of rotatable bonds is 6. The predicted octanol–water partition coefficient (Wildman–Crippen LogP) is 2.28. The van der Waals surface area contributed by atoms with E-state index >= 15 is 0 Å². The largest absolute Gasteiger partial charge is 0.454 e. The smallest absolute Gasteiger partial charge is 0.231 e. The molecule has 4 nitrogen and oxygen atoms in total. The van der Waals surface area contributed by atoms with Crippen LogP contribution in [0.5, 0.6) is 11.5 Å². The van der Waals surface area contributed by atoms with Crippen LogP contribution in [0.4, 0.5) is 0 Å². The second-order valence-corrected chi connectivity index (χ2v) is 5.03. The zero-order chi connectivity index (χ0) is 14.5. The first-order chi connectivity index (χ1) is 10.4. The number of aliphatic hydroxyl groups is 1. The highest BCUT2D eigenvalue weighted by Crippen LogP contribution is 2.34. The summed E-state index contributed by atoms with van der Waals surface area (Å²) in [4.78, 5) is 0. The van der Waals surface area contributed by atoms with Gasteiger partial charge in [-0.1, -0.05) is 36.4 Å². The van der Waals surface area contributed by atoms with Gasteiger partial charge in [-0.25, -0.2) is 0 Å². The Balaban J connectivity index is 1.81. The van der Waals surface area contributed by atoms with Crippen molar-refractivity contribution in [3.8, 4) is 11.5 Å². The summed E-state index contributed by atoms with van der Waals surface area (Å²) in [7, 11) is 0. The van der Waals surface area contributed by atoms with Crippen LogP contribution < -0.4 is 14.8 Å². The first kappa shape index (κ1) is 13.9. The highest BCUT2D eigenvalue weighted by molar-refractivity contribution is 5.45. The van der Waals surface area contributed by atoms with Crippen molar-refractivity contribution in [3.63, 3.8) is 0 Å². The van der Waals surface area contributed by atoms with Crippen molar-refractivity contribution in [2.24, 2.45) is 0 Å². The number of aliphatic hydroxyl groups excluding tert-OH is 1. The number of benzene rings is 2. The van der Waals surface area contributed by atoms with Gasteiger partial charge in [-0.15, -0.1) is 0 Å². The van der Waals surface area contributed by atoms with Gasteiger partial charge in [-0.2, -0.15) is 0 Å². The van der Waals surface area contributed by atoms with Crippen LogP contribution in [0, 0.1) is 0 Å². The maximum absolute atomic E-state index is 9.08. The molecule has 1 aliphatic rings. The van der Waals surface area contributed by atoms with Gasteiger partial charge in [-0.05, 0) is 29.7 Å². The molecule has 110 valence electrons. The molecular weight excluding hydrogens is 266 g/mol. The molecule has 2 aromatic carbocycles. The number of nitrogens with one attached hydrogen (secondary N) is 1. The Hall–Kier alpha value is -2.04. The molecule has 1 atom stereocenters. The van der Waals surface area contributed by atoms with E-state index in [-0.39, 0.29) is 19.4 Å². The van der Waals surface area contributed by atoms with Crippen LogP contribution in [0.2, 0.25) is 0 Å². The highest BCUT2D eigenvalue weighted by atomic mass is 16.7. The Kier molecular flexibility index (Phi) is 4.38. The molecular formula is C17H19NO3. The molecule has 0 aliphatic carbocycles. The average molecular weight is 285 g/mol. The van der Waals surface area contributed by atoms with Gasteiger partial charge in [0, 0.05) is 12.6 Å². The molecule has 0 radical (unpaired) electrons. The third-order valence-corrected chi connectivity index (χ3v) is 3.58. The molecule has 0 amide bonds. The van der Waals surface area contributed by atoms with E-state index in [4.69, 9.17) is 14.6 Å². The fraction of sp³-hybridized carbons (Fsp3) is 0.294. The number of hydrogen-bond acceptors (Lipinski definition) is 4. The van der Waals surface area contributed by atoms with Gasteiger partial charge in [0.25, 0.3) is 0 Å². The standard InChI is InChI=1S/C17H19NO3/c19-9-8-18-15(10-13-4-2-1-3-5-13)14-6-7-16-17(11-14)21-12-20-16/h1-7,11,15,18-19H,8-10,12H2. The second kappa shape index (κ2) is 6.61. The molecule has 0 saturated carbocycles. The van der Waals surface area contributed by atoms with Gasteiger partial charge in [0.2, 0.25) is 6.79 Å². The monoisotopic (exact) mass is 285 g/mol. The van der Waals surface area contributed by atoms with Gasteiger partial charge < -0.3 is 19.9 Å². The lowest BCUT2D eigenvalue weighted by atomic mass is 9.98. The van der Waals surface area contributed by atoms with E-state index in [0.717, 1.165) is 23.5 Å². The molecule has 1 unspecified atom stereocenters. The molecule has 2 N–H and O–H groups in total. The molecule has 1 aliphatic heterocycles. The topological polar surface area (TPSA) is 50.7 Å². The number of fused-ring (bicyclic) bond motifs is 1. The molecule has 4 heteroatoms. The summed E-state index contributed by atoms with van der Waals surface area (Å²) in [5.74, 6) is 1.58. The SMILES string of the molecule is OCCNC(Cc1ccccc1)c1ccc2c(c1)OCO2. The summed E-state index contributed by atoms with van der Waals surface area (Å²) in [6.07, 6.45) is 0.862. The molecule has 2 aromatic rings. The van der Waals surface area contributed by atoms with E-state index in [0.29, 0.717) is 6.54 Å². The van der Waals surface area contributed by atoms with Crippen molar-refractivity contribution >= 4 is 0 Å². The van der Waals surface area contributed by atoms with Crippen molar-refractivity contribution in [1.82, 2.24) is 5.32 Å². The fourth-order valence-corrected chi connectivity index (χ4v) is 2.53. The Labute approximate surface area is 124 Å². The van der Waals surface area contributed by atoms with Gasteiger partial charge in [0.1, 0.15) is 0 Å². The van der Waals surface area contributed by atoms with Crippen LogP contribution >= 0.6 is 0 Å². The lowest BCUT2D eigenvalue weighted by molar-refractivity contribution is 0.174. The van der Waals surface area contributed by atoms with Gasteiger partial charge in [0.05, 0.1) is 6.61 Å². The summed E-state index contributed by atoms with van der Waals surface area (Å²) in [6, 6.07) is 16.5. The van der Waals surface area contributed by atoms with E-state index in [1.807, 2.05) is 36.4 Å². The zero-order valence-electron chi connectivity index (χ0n) is 11.8. The second-order valence-electron chi connectivity index (χ2n) is 5.03. The van der Waals surface area contributed by atoms with Crippen LogP contribution in [-0.4, -0.2) is 25.1 Å². The minimum absolute atomic E-state index is 0.121. The molecule has 0 fully saturated rings. The molecule has 3 rings (SSSR count). The Morgan fingerprint density at radius 1 is 1.05 bits per heavy atom. The fourth-order valence-electron chi connectivity index (χ4n) is 2.53. The normalized spacial score (nSPS) is 14.1. The van der Waals surface area contributed by atoms with Crippen molar-refractivity contribution in [3.05, 3.63) is 59.7 Å². The third-order valence-electron chi connectivity index (χ3n) is 3.58. The quantitative estimate of drug-likeness (QED) is 0.855. The minimum Gasteiger partial charge on any atom is -0.454 e. The summed E-state index contributed by atoms with van der Waals surface area (Å²) in [5.41, 5.74) is 2.39. The third kappa shape index (κ3) is 3.35. The van der Waals surface area contributed by atoms with E-state index in [1.165, 1.54) is 5.56 Å². The van der Waals surface area contributed by atoms with Crippen molar-refractivity contribution in [1.29, 1.82) is 0 Å². The van der Waals surface area contributed by atoms with Crippen LogP contribution in [-0.2, 0) is 6.42 Å². The van der Waals surface area contributed by atoms with Crippen molar-refractivity contribution in [2.45, 2.75) is 12.5 Å². The Morgan fingerprint density at radius 2 is 1.86 bits per heavy atom. The zero-order valence-corrected chi connectivity index (χ0v) is 11.8. The molecule has 0 bridgehead atoms. The molecule has 0 saturated heterocycles. The average Bonchev–Trinajstić information content (AvgIpc) is 3.00. The van der Waals surface area contributed by atoms with E-state index in [1.54, 1.807) is 0 Å². The summed E-state index contributed by atoms with van der Waals surface area (Å²) >= 11 is 0. The Morgan fingerprint density at radius 3 is 2.67 bits per heavy atom. The Bertz CT molecular complexity index is 586. The molecule has 0 spiro atoms. The van der Waals surface area contributed by atoms with E-state index in [2.05, 4.69) is 17.4 Å². The molecule has 21 heavy (non-hydrogen) atoms. The van der Waals surface area contributed by atoms with Crippen LogP contribution in [0.15, 0.2) is 48.5 Å². The highest BCUT2D eigenvalue weighted by Gasteiger charge is 2.18. The first-order valence-electron chi connectivity index (χ1n) is 7.14. The lowest BCUT2D eigenvalue weighted by Crippen LogP contribution is -2.26. The van der Waals surface area contributed by atoms with Crippen LogP contribution in [0.25, 0.3) is 0 Å². The van der Waals surface area contributed by atoms with E-state index < -0.39 is 0 Å². The number of hydrogen-bond donors (Lipinski definition) is 2. The summed E-state index contributed by atoms with van der Waals surface area (Å²) in [5, 5.41) is 12.5. The predicted molar refractivity (Wildman–Crippen MR) is 80.5 cm³/mol. The van der Waals surface area contributed by atoms with E-state index in [9.17, 15) is 0 Å². The van der Waals surface area contributed by atoms with Gasteiger partial charge in [0.15, 0.2) is 11.5 Å². The first-order valence-corrected chi connectivity index (χ1v) is 7.14. The maximum Gasteiger partial charge on any atom is 0.231 e. The summed E-state index contributed by atoms with van der Waals surface area (Å²) < 4.78 is 10.8. The lowest BCUT2D eigenvalue weighted by Gasteiger charge is -2.19.